The van der Waals surface area contributed by atoms with Crippen molar-refractivity contribution in [2.45, 2.75) is 6.54 Å². The van der Waals surface area contributed by atoms with Gasteiger partial charge in [-0.15, -0.1) is 11.3 Å². The van der Waals surface area contributed by atoms with Crippen LogP contribution in [0.15, 0.2) is 5.38 Å². The number of thiazole rings is 1. The number of carboxylic acid groups (broad SMARTS) is 1. The van der Waals surface area contributed by atoms with Gasteiger partial charge in [-0.25, -0.2) is 9.78 Å². The van der Waals surface area contributed by atoms with Crippen molar-refractivity contribution in [3.05, 3.63) is 16.1 Å². The van der Waals surface area contributed by atoms with Gasteiger partial charge in [0, 0.05) is 41.3 Å². The van der Waals surface area contributed by atoms with Crippen molar-refractivity contribution < 1.29 is 14.1 Å². The van der Waals surface area contributed by atoms with Crippen LogP contribution < -0.4 is 5.32 Å². The van der Waals surface area contributed by atoms with Gasteiger partial charge in [0.2, 0.25) is 5.01 Å². The monoisotopic (exact) mass is 248 g/mol. The molecule has 0 saturated heterocycles. The number of carbonyl (C=O) groups is 1. The van der Waals surface area contributed by atoms with E-state index in [4.69, 9.17) is 5.11 Å². The molecule has 15 heavy (non-hydrogen) atoms. The predicted octanol–water partition coefficient (Wildman–Crippen LogP) is 0.309. The Kier molecular flexibility index (Phi) is 4.86. The van der Waals surface area contributed by atoms with E-state index in [1.807, 2.05) is 0 Å². The molecule has 1 aromatic rings. The van der Waals surface area contributed by atoms with Gasteiger partial charge >= 0.3 is 5.97 Å². The molecular formula is C8H12N2O3S2. The average Bonchev–Trinajstić information content (AvgIpc) is 2.60. The van der Waals surface area contributed by atoms with Crippen LogP contribution in [-0.4, -0.2) is 38.8 Å². The van der Waals surface area contributed by atoms with Crippen molar-refractivity contribution in [3.8, 4) is 0 Å². The first-order valence-corrected chi connectivity index (χ1v) is 6.88. The molecule has 0 amide bonds. The van der Waals surface area contributed by atoms with Crippen molar-refractivity contribution >= 4 is 28.1 Å². The number of nitrogens with one attached hydrogen (secondary N) is 1. The first kappa shape index (κ1) is 12.3. The third-order valence-electron chi connectivity index (χ3n) is 1.61. The van der Waals surface area contributed by atoms with Gasteiger partial charge in [-0.1, -0.05) is 0 Å². The Balaban J connectivity index is 2.31. The molecule has 0 bridgehead atoms. The molecule has 0 aromatic carbocycles. The van der Waals surface area contributed by atoms with Gasteiger partial charge in [0.15, 0.2) is 0 Å². The molecule has 0 radical (unpaired) electrons. The van der Waals surface area contributed by atoms with Gasteiger partial charge in [0.25, 0.3) is 0 Å². The maximum Gasteiger partial charge on any atom is 0.365 e. The second-order valence-corrected chi connectivity index (χ2v) is 5.32. The number of hydrogen-bond donors (Lipinski definition) is 2. The summed E-state index contributed by atoms with van der Waals surface area (Å²) in [5.41, 5.74) is 0.708. The van der Waals surface area contributed by atoms with Crippen LogP contribution in [0.5, 0.6) is 0 Å². The highest BCUT2D eigenvalue weighted by atomic mass is 32.2. The van der Waals surface area contributed by atoms with Crippen molar-refractivity contribution in [2.24, 2.45) is 0 Å². The SMILES string of the molecule is CS(=O)CCNCc1csc(C(=O)O)n1. The first-order chi connectivity index (χ1) is 7.09. The molecule has 1 atom stereocenters. The number of carboxylic acids is 1. The molecule has 5 nitrogen and oxygen atoms in total. The topological polar surface area (TPSA) is 79.3 Å². The molecule has 0 aliphatic rings. The quantitative estimate of drug-likeness (QED) is 0.708. The molecule has 1 unspecified atom stereocenters. The fraction of sp³-hybridized carbons (Fsp3) is 0.500. The highest BCUT2D eigenvalue weighted by Gasteiger charge is 2.07. The first-order valence-electron chi connectivity index (χ1n) is 4.28. The van der Waals surface area contributed by atoms with Crippen LogP contribution in [-0.2, 0) is 17.3 Å². The zero-order valence-electron chi connectivity index (χ0n) is 8.23. The molecule has 1 rings (SSSR count). The molecule has 0 spiro atoms. The summed E-state index contributed by atoms with van der Waals surface area (Å²) in [6, 6.07) is 0. The smallest absolute Gasteiger partial charge is 0.365 e. The van der Waals surface area contributed by atoms with Crippen LogP contribution in [0.2, 0.25) is 0 Å². The van der Waals surface area contributed by atoms with Gasteiger partial charge in [-0.2, -0.15) is 0 Å². The summed E-state index contributed by atoms with van der Waals surface area (Å²) in [4.78, 5) is 14.4. The number of hydrogen-bond acceptors (Lipinski definition) is 5. The number of rotatable bonds is 6. The Morgan fingerprint density at radius 3 is 3.00 bits per heavy atom. The average molecular weight is 248 g/mol. The third kappa shape index (κ3) is 4.50. The molecule has 0 aliphatic heterocycles. The molecule has 7 heteroatoms. The van der Waals surface area contributed by atoms with Crippen molar-refractivity contribution in [2.75, 3.05) is 18.6 Å². The summed E-state index contributed by atoms with van der Waals surface area (Å²) in [7, 11) is -0.800. The zero-order valence-corrected chi connectivity index (χ0v) is 9.86. The minimum absolute atomic E-state index is 0.103. The normalized spacial score (nSPS) is 12.6. The van der Waals surface area contributed by atoms with Crippen LogP contribution in [0.25, 0.3) is 0 Å². The molecule has 1 aromatic heterocycles. The Hall–Kier alpha value is -0.790. The molecule has 1 heterocycles. The van der Waals surface area contributed by atoms with Gasteiger partial charge < -0.3 is 10.4 Å². The van der Waals surface area contributed by atoms with E-state index in [-0.39, 0.29) is 5.01 Å². The van der Waals surface area contributed by atoms with Gasteiger partial charge in [0.1, 0.15) is 0 Å². The van der Waals surface area contributed by atoms with Crippen LogP contribution in [0.1, 0.15) is 15.5 Å². The predicted molar refractivity (Wildman–Crippen MR) is 59.7 cm³/mol. The maximum absolute atomic E-state index is 10.7. The Morgan fingerprint density at radius 1 is 1.73 bits per heavy atom. The Morgan fingerprint density at radius 2 is 2.47 bits per heavy atom. The fourth-order valence-electron chi connectivity index (χ4n) is 0.919. The van der Waals surface area contributed by atoms with E-state index in [2.05, 4.69) is 10.3 Å². The largest absolute Gasteiger partial charge is 0.476 e. The lowest BCUT2D eigenvalue weighted by Crippen LogP contribution is -2.19. The summed E-state index contributed by atoms with van der Waals surface area (Å²) in [6.45, 7) is 1.16. The van der Waals surface area contributed by atoms with Crippen LogP contribution >= 0.6 is 11.3 Å². The van der Waals surface area contributed by atoms with Crippen molar-refractivity contribution in [3.63, 3.8) is 0 Å². The minimum atomic E-state index is -0.999. The van der Waals surface area contributed by atoms with Crippen LogP contribution in [0, 0.1) is 0 Å². The second kappa shape index (κ2) is 5.94. The number of nitrogens with zero attached hydrogens (tertiary/aromatic N) is 1. The summed E-state index contributed by atoms with van der Waals surface area (Å²) in [5, 5.41) is 13.5. The molecule has 0 saturated carbocycles. The molecule has 0 fully saturated rings. The molecule has 0 aliphatic carbocycles. The van der Waals surface area contributed by atoms with E-state index < -0.39 is 16.8 Å². The fourth-order valence-corrected chi connectivity index (χ4v) is 2.01. The zero-order chi connectivity index (χ0) is 11.3. The summed E-state index contributed by atoms with van der Waals surface area (Å²) >= 11 is 1.11. The lowest BCUT2D eigenvalue weighted by atomic mass is 10.5. The van der Waals surface area contributed by atoms with E-state index in [0.717, 1.165) is 11.3 Å². The van der Waals surface area contributed by atoms with E-state index in [1.165, 1.54) is 0 Å². The second-order valence-electron chi connectivity index (χ2n) is 2.90. The lowest BCUT2D eigenvalue weighted by molar-refractivity contribution is 0.0696. The molecule has 84 valence electrons. The van der Waals surface area contributed by atoms with E-state index in [9.17, 15) is 9.00 Å². The number of aromatic carboxylic acids is 1. The maximum atomic E-state index is 10.7. The van der Waals surface area contributed by atoms with Gasteiger partial charge in [-0.05, 0) is 0 Å². The Labute approximate surface area is 94.0 Å². The summed E-state index contributed by atoms with van der Waals surface area (Å²) < 4.78 is 10.7. The van der Waals surface area contributed by atoms with Crippen LogP contribution in [0.3, 0.4) is 0 Å². The minimum Gasteiger partial charge on any atom is -0.476 e. The van der Waals surface area contributed by atoms with E-state index in [1.54, 1.807) is 11.6 Å². The van der Waals surface area contributed by atoms with Gasteiger partial charge in [-0.3, -0.25) is 4.21 Å². The Bertz CT molecular complexity index is 365. The molecule has 2 N–H and O–H groups in total. The summed E-state index contributed by atoms with van der Waals surface area (Å²) in [6.07, 6.45) is 1.65. The van der Waals surface area contributed by atoms with Gasteiger partial charge in [0.05, 0.1) is 5.69 Å². The number of aromatic nitrogens is 1. The summed E-state index contributed by atoms with van der Waals surface area (Å²) in [5.74, 6) is -0.406. The highest BCUT2D eigenvalue weighted by molar-refractivity contribution is 7.84. The van der Waals surface area contributed by atoms with E-state index >= 15 is 0 Å². The highest BCUT2D eigenvalue weighted by Crippen LogP contribution is 2.08. The van der Waals surface area contributed by atoms with Crippen molar-refractivity contribution in [1.29, 1.82) is 0 Å². The van der Waals surface area contributed by atoms with E-state index in [0.29, 0.717) is 24.5 Å². The van der Waals surface area contributed by atoms with Crippen LogP contribution in [0.4, 0.5) is 0 Å². The lowest BCUT2D eigenvalue weighted by Gasteiger charge is -1.99. The third-order valence-corrected chi connectivity index (χ3v) is 3.27. The standard InChI is InChI=1S/C8H12N2O3S2/c1-15(13)3-2-9-4-6-5-14-7(10-6)8(11)12/h5,9H,2-4H2,1H3,(H,11,12). The van der Waals surface area contributed by atoms with Crippen molar-refractivity contribution in [1.82, 2.24) is 10.3 Å². The molecular weight excluding hydrogens is 236 g/mol.